The zero-order valence-corrected chi connectivity index (χ0v) is 12.7. The average Bonchev–Trinajstić information content (AvgIpc) is 2.42. The third kappa shape index (κ3) is 6.37. The van der Waals surface area contributed by atoms with Gasteiger partial charge < -0.3 is 20.3 Å². The molecule has 0 saturated heterocycles. The molecule has 0 aliphatic heterocycles. The molecule has 0 spiro atoms. The number of aliphatic hydroxyl groups is 2. The summed E-state index contributed by atoms with van der Waals surface area (Å²) in [6, 6.07) is 7.98. The molecule has 1 aromatic rings. The molecule has 2 atom stereocenters. The number of hydrogen-bond donors (Lipinski definition) is 3. The van der Waals surface area contributed by atoms with Crippen molar-refractivity contribution >= 4 is 0 Å². The first-order chi connectivity index (χ1) is 9.52. The van der Waals surface area contributed by atoms with Crippen molar-refractivity contribution in [1.82, 2.24) is 5.32 Å². The summed E-state index contributed by atoms with van der Waals surface area (Å²) in [5.74, 6) is 1.19. The Balaban J connectivity index is 2.28. The summed E-state index contributed by atoms with van der Waals surface area (Å²) >= 11 is 0. The second-order valence-electron chi connectivity index (χ2n) is 5.55. The van der Waals surface area contributed by atoms with Crippen LogP contribution < -0.4 is 10.1 Å². The molecule has 1 rings (SSSR count). The lowest BCUT2D eigenvalue weighted by Gasteiger charge is -2.23. The van der Waals surface area contributed by atoms with Crippen LogP contribution >= 0.6 is 0 Å². The van der Waals surface area contributed by atoms with Gasteiger partial charge >= 0.3 is 0 Å². The van der Waals surface area contributed by atoms with Crippen LogP contribution in [0, 0.1) is 12.8 Å². The fraction of sp³-hybridized carbons (Fsp3) is 0.625. The number of aliphatic hydroxyl groups excluding tert-OH is 2. The first kappa shape index (κ1) is 17.0. The predicted octanol–water partition coefficient (Wildman–Crippen LogP) is 1.73. The van der Waals surface area contributed by atoms with Crippen molar-refractivity contribution < 1.29 is 14.9 Å². The Bertz CT molecular complexity index is 364. The maximum atomic E-state index is 9.91. The Labute approximate surface area is 121 Å². The molecule has 0 amide bonds. The van der Waals surface area contributed by atoms with E-state index in [0.29, 0.717) is 18.9 Å². The molecule has 4 heteroatoms. The molecule has 2 unspecified atom stereocenters. The molecule has 0 saturated carbocycles. The van der Waals surface area contributed by atoms with Crippen molar-refractivity contribution in [2.75, 3.05) is 19.8 Å². The number of nitrogens with one attached hydrogen (secondary N) is 1. The molecular weight excluding hydrogens is 254 g/mol. The number of ether oxygens (including phenoxy) is 1. The van der Waals surface area contributed by atoms with Gasteiger partial charge in [-0.1, -0.05) is 31.5 Å². The van der Waals surface area contributed by atoms with E-state index >= 15 is 0 Å². The summed E-state index contributed by atoms with van der Waals surface area (Å²) in [5.41, 5.74) is 1.18. The molecule has 3 N–H and O–H groups in total. The maximum Gasteiger partial charge on any atom is 0.119 e. The molecule has 0 bridgehead atoms. The SMILES string of the molecule is Cc1ccc(OCC(O)CNC(CCO)C(C)C)cc1. The minimum absolute atomic E-state index is 0.159. The molecule has 0 fully saturated rings. The van der Waals surface area contributed by atoms with Crippen LogP contribution in [0.25, 0.3) is 0 Å². The van der Waals surface area contributed by atoms with Crippen LogP contribution in [0.1, 0.15) is 25.8 Å². The van der Waals surface area contributed by atoms with E-state index in [-0.39, 0.29) is 19.3 Å². The van der Waals surface area contributed by atoms with E-state index in [1.807, 2.05) is 31.2 Å². The fourth-order valence-electron chi connectivity index (χ4n) is 1.98. The van der Waals surface area contributed by atoms with Gasteiger partial charge in [0.2, 0.25) is 0 Å². The summed E-state index contributed by atoms with van der Waals surface area (Å²) < 4.78 is 5.54. The number of hydrogen-bond acceptors (Lipinski definition) is 4. The molecule has 0 aliphatic rings. The highest BCUT2D eigenvalue weighted by molar-refractivity contribution is 5.26. The van der Waals surface area contributed by atoms with Gasteiger partial charge in [0, 0.05) is 19.2 Å². The standard InChI is InChI=1S/C16H27NO3/c1-12(2)16(8-9-18)17-10-14(19)11-20-15-6-4-13(3)5-7-15/h4-7,12,14,16-19H,8-11H2,1-3H3. The molecule has 1 aromatic carbocycles. The number of benzene rings is 1. The van der Waals surface area contributed by atoms with Crippen molar-refractivity contribution in [2.24, 2.45) is 5.92 Å². The lowest BCUT2D eigenvalue weighted by Crippen LogP contribution is -2.41. The van der Waals surface area contributed by atoms with Gasteiger partial charge in [-0.15, -0.1) is 0 Å². The zero-order chi connectivity index (χ0) is 15.0. The Morgan fingerprint density at radius 3 is 2.40 bits per heavy atom. The van der Waals surface area contributed by atoms with E-state index in [9.17, 15) is 5.11 Å². The molecule has 0 aliphatic carbocycles. The summed E-state index contributed by atoms with van der Waals surface area (Å²) in [6.07, 6.45) is 0.139. The van der Waals surface area contributed by atoms with Crippen molar-refractivity contribution in [3.05, 3.63) is 29.8 Å². The second-order valence-corrected chi connectivity index (χ2v) is 5.55. The van der Waals surface area contributed by atoms with Gasteiger partial charge in [-0.25, -0.2) is 0 Å². The molecule has 0 heterocycles. The molecule has 0 radical (unpaired) electrons. The normalized spacial score (nSPS) is 14.3. The van der Waals surface area contributed by atoms with Crippen molar-refractivity contribution in [3.8, 4) is 5.75 Å². The summed E-state index contributed by atoms with van der Waals surface area (Å²) in [5, 5.41) is 22.2. The highest BCUT2D eigenvalue weighted by Gasteiger charge is 2.14. The van der Waals surface area contributed by atoms with E-state index in [1.54, 1.807) is 0 Å². The van der Waals surface area contributed by atoms with E-state index in [0.717, 1.165) is 5.75 Å². The maximum absolute atomic E-state index is 9.91. The predicted molar refractivity (Wildman–Crippen MR) is 81.0 cm³/mol. The van der Waals surface area contributed by atoms with E-state index in [2.05, 4.69) is 19.2 Å². The lowest BCUT2D eigenvalue weighted by atomic mass is 10.0. The van der Waals surface area contributed by atoms with Crippen LogP contribution in [0.15, 0.2) is 24.3 Å². The van der Waals surface area contributed by atoms with Gasteiger partial charge in [-0.2, -0.15) is 0 Å². The first-order valence-corrected chi connectivity index (χ1v) is 7.24. The van der Waals surface area contributed by atoms with Crippen molar-refractivity contribution in [2.45, 2.75) is 39.3 Å². The zero-order valence-electron chi connectivity index (χ0n) is 12.7. The molecule has 20 heavy (non-hydrogen) atoms. The first-order valence-electron chi connectivity index (χ1n) is 7.24. The van der Waals surface area contributed by atoms with E-state index in [1.165, 1.54) is 5.56 Å². The summed E-state index contributed by atoms with van der Waals surface area (Å²) in [7, 11) is 0. The van der Waals surface area contributed by atoms with Gasteiger partial charge in [0.15, 0.2) is 0 Å². The van der Waals surface area contributed by atoms with Crippen LogP contribution in [0.2, 0.25) is 0 Å². The lowest BCUT2D eigenvalue weighted by molar-refractivity contribution is 0.0995. The monoisotopic (exact) mass is 281 g/mol. The van der Waals surface area contributed by atoms with Crippen molar-refractivity contribution in [1.29, 1.82) is 0 Å². The van der Waals surface area contributed by atoms with Crippen LogP contribution in [0.4, 0.5) is 0 Å². The third-order valence-electron chi connectivity index (χ3n) is 3.32. The van der Waals surface area contributed by atoms with E-state index < -0.39 is 6.10 Å². The van der Waals surface area contributed by atoms with Crippen LogP contribution in [0.5, 0.6) is 5.75 Å². The molecule has 4 nitrogen and oxygen atoms in total. The number of rotatable bonds is 9. The average molecular weight is 281 g/mol. The molecule has 114 valence electrons. The van der Waals surface area contributed by atoms with Gasteiger partial charge in [-0.05, 0) is 31.4 Å². The smallest absolute Gasteiger partial charge is 0.119 e. The van der Waals surface area contributed by atoms with Crippen LogP contribution in [-0.4, -0.2) is 42.1 Å². The Kier molecular flexibility index (Phi) is 7.59. The van der Waals surface area contributed by atoms with Gasteiger partial charge in [0.25, 0.3) is 0 Å². The largest absolute Gasteiger partial charge is 0.491 e. The van der Waals surface area contributed by atoms with Crippen LogP contribution in [0.3, 0.4) is 0 Å². The highest BCUT2D eigenvalue weighted by atomic mass is 16.5. The quantitative estimate of drug-likeness (QED) is 0.645. The number of aryl methyl sites for hydroxylation is 1. The Morgan fingerprint density at radius 1 is 1.20 bits per heavy atom. The van der Waals surface area contributed by atoms with Gasteiger partial charge in [0.1, 0.15) is 18.5 Å². The highest BCUT2D eigenvalue weighted by Crippen LogP contribution is 2.11. The van der Waals surface area contributed by atoms with Crippen LogP contribution in [-0.2, 0) is 0 Å². The van der Waals surface area contributed by atoms with Crippen molar-refractivity contribution in [3.63, 3.8) is 0 Å². The summed E-state index contributed by atoms with van der Waals surface area (Å²) in [4.78, 5) is 0. The van der Waals surface area contributed by atoms with Gasteiger partial charge in [0.05, 0.1) is 0 Å². The third-order valence-corrected chi connectivity index (χ3v) is 3.32. The second kappa shape index (κ2) is 8.95. The molecule has 0 aromatic heterocycles. The summed E-state index contributed by atoms with van der Waals surface area (Å²) in [6.45, 7) is 7.11. The van der Waals surface area contributed by atoms with Gasteiger partial charge in [-0.3, -0.25) is 0 Å². The Hall–Kier alpha value is -1.10. The van der Waals surface area contributed by atoms with E-state index in [4.69, 9.17) is 9.84 Å². The minimum Gasteiger partial charge on any atom is -0.491 e. The Morgan fingerprint density at radius 2 is 1.85 bits per heavy atom. The minimum atomic E-state index is -0.559. The fourth-order valence-corrected chi connectivity index (χ4v) is 1.98. The topological polar surface area (TPSA) is 61.7 Å². The molecular formula is C16H27NO3.